The van der Waals surface area contributed by atoms with Gasteiger partial charge in [-0.3, -0.25) is 19.2 Å². The van der Waals surface area contributed by atoms with Gasteiger partial charge < -0.3 is 20.4 Å². The SMILES string of the molecule is O=C(O)CC1CCC(CC(=O)O)(C2(CC(=O)O)CCCC(CC(=O)O)C2)CC1. The molecule has 0 aromatic heterocycles. The molecule has 0 saturated heterocycles. The summed E-state index contributed by atoms with van der Waals surface area (Å²) in [6.45, 7) is 0. The smallest absolute Gasteiger partial charge is 0.303 e. The molecule has 28 heavy (non-hydrogen) atoms. The molecule has 0 aliphatic heterocycles. The molecule has 0 amide bonds. The molecule has 2 fully saturated rings. The number of carbonyl (C=O) groups is 4. The molecule has 2 atom stereocenters. The molecule has 0 bridgehead atoms. The Labute approximate surface area is 163 Å². The summed E-state index contributed by atoms with van der Waals surface area (Å²) in [5.74, 6) is -3.97. The van der Waals surface area contributed by atoms with E-state index in [-0.39, 0.29) is 37.5 Å². The monoisotopic (exact) mass is 398 g/mol. The Morgan fingerprint density at radius 2 is 1.14 bits per heavy atom. The number of hydrogen-bond donors (Lipinski definition) is 4. The minimum Gasteiger partial charge on any atom is -0.481 e. The fourth-order valence-electron chi connectivity index (χ4n) is 5.89. The molecular formula is C20H30O8. The van der Waals surface area contributed by atoms with E-state index >= 15 is 0 Å². The molecule has 2 saturated carbocycles. The maximum atomic E-state index is 11.7. The summed E-state index contributed by atoms with van der Waals surface area (Å²) >= 11 is 0. The van der Waals surface area contributed by atoms with E-state index in [9.17, 15) is 34.5 Å². The molecule has 8 heteroatoms. The van der Waals surface area contributed by atoms with E-state index in [1.165, 1.54) is 0 Å². The lowest BCUT2D eigenvalue weighted by Gasteiger charge is -2.56. The highest BCUT2D eigenvalue weighted by Crippen LogP contribution is 2.62. The number of rotatable bonds is 9. The summed E-state index contributed by atoms with van der Waals surface area (Å²) in [4.78, 5) is 45.7. The molecule has 2 aliphatic carbocycles. The van der Waals surface area contributed by atoms with E-state index in [2.05, 4.69) is 0 Å². The van der Waals surface area contributed by atoms with Crippen molar-refractivity contribution in [2.75, 3.05) is 0 Å². The largest absolute Gasteiger partial charge is 0.481 e. The Kier molecular flexibility index (Phi) is 7.06. The van der Waals surface area contributed by atoms with Gasteiger partial charge in [0.05, 0.1) is 12.8 Å². The molecule has 0 aromatic rings. The molecule has 2 unspecified atom stereocenters. The third kappa shape index (κ3) is 5.23. The lowest BCUT2D eigenvalue weighted by Crippen LogP contribution is -2.50. The van der Waals surface area contributed by atoms with Crippen LogP contribution in [0.5, 0.6) is 0 Å². The zero-order valence-corrected chi connectivity index (χ0v) is 16.1. The molecule has 2 aliphatic rings. The van der Waals surface area contributed by atoms with Gasteiger partial charge in [-0.1, -0.05) is 6.42 Å². The molecule has 4 N–H and O–H groups in total. The van der Waals surface area contributed by atoms with Gasteiger partial charge in [0.2, 0.25) is 0 Å². The first-order chi connectivity index (χ1) is 13.1. The Morgan fingerprint density at radius 3 is 1.64 bits per heavy atom. The van der Waals surface area contributed by atoms with Crippen LogP contribution >= 0.6 is 0 Å². The van der Waals surface area contributed by atoms with Crippen molar-refractivity contribution in [3.63, 3.8) is 0 Å². The van der Waals surface area contributed by atoms with Gasteiger partial charge in [0, 0.05) is 12.8 Å². The first-order valence-electron chi connectivity index (χ1n) is 9.95. The van der Waals surface area contributed by atoms with Gasteiger partial charge in [-0.25, -0.2) is 0 Å². The highest BCUT2D eigenvalue weighted by Gasteiger charge is 2.55. The van der Waals surface area contributed by atoms with Gasteiger partial charge in [-0.05, 0) is 67.6 Å². The van der Waals surface area contributed by atoms with Crippen LogP contribution < -0.4 is 0 Å². The van der Waals surface area contributed by atoms with Crippen LogP contribution in [0.25, 0.3) is 0 Å². The molecule has 0 radical (unpaired) electrons. The lowest BCUT2D eigenvalue weighted by atomic mass is 9.47. The fraction of sp³-hybridized carbons (Fsp3) is 0.800. The Bertz CT molecular complexity index is 620. The first kappa shape index (κ1) is 22.2. The van der Waals surface area contributed by atoms with Crippen LogP contribution in [0.2, 0.25) is 0 Å². The second-order valence-electron chi connectivity index (χ2n) is 8.80. The summed E-state index contributed by atoms with van der Waals surface area (Å²) in [5, 5.41) is 37.4. The predicted octanol–water partition coefficient (Wildman–Crippen LogP) is 3.24. The standard InChI is InChI=1S/C20H30O8/c21-15(22)8-13-3-6-19(7-4-13,11-17(25)26)20(12-18(27)28)5-1-2-14(10-20)9-16(23)24/h13-14H,1-12H2,(H,21,22)(H,23,24)(H,25,26)(H,27,28). The predicted molar refractivity (Wildman–Crippen MR) is 97.8 cm³/mol. The van der Waals surface area contributed by atoms with Crippen LogP contribution in [0.4, 0.5) is 0 Å². The zero-order chi connectivity index (χ0) is 20.9. The van der Waals surface area contributed by atoms with Crippen LogP contribution in [-0.4, -0.2) is 44.3 Å². The van der Waals surface area contributed by atoms with Crippen molar-refractivity contribution in [3.8, 4) is 0 Å². The highest BCUT2D eigenvalue weighted by molar-refractivity contribution is 5.71. The maximum Gasteiger partial charge on any atom is 0.303 e. The summed E-state index contributed by atoms with van der Waals surface area (Å²) in [6.07, 6.45) is 4.13. The van der Waals surface area contributed by atoms with E-state index in [4.69, 9.17) is 5.11 Å². The number of aliphatic carboxylic acids is 4. The number of hydrogen-bond acceptors (Lipinski definition) is 4. The van der Waals surface area contributed by atoms with Gasteiger partial charge in [0.15, 0.2) is 0 Å². The molecule has 8 nitrogen and oxygen atoms in total. The number of carboxylic acids is 4. The number of carboxylic acid groups (broad SMARTS) is 4. The quantitative estimate of drug-likeness (QED) is 0.462. The summed E-state index contributed by atoms with van der Waals surface area (Å²) in [5.41, 5.74) is -1.49. The molecule has 158 valence electrons. The molecular weight excluding hydrogens is 368 g/mol. The van der Waals surface area contributed by atoms with E-state index in [1.54, 1.807) is 0 Å². The molecule has 2 rings (SSSR count). The average molecular weight is 398 g/mol. The van der Waals surface area contributed by atoms with Crippen molar-refractivity contribution in [3.05, 3.63) is 0 Å². The molecule has 0 heterocycles. The van der Waals surface area contributed by atoms with Crippen LogP contribution in [0.3, 0.4) is 0 Å². The van der Waals surface area contributed by atoms with Crippen molar-refractivity contribution in [1.82, 2.24) is 0 Å². The topological polar surface area (TPSA) is 149 Å². The van der Waals surface area contributed by atoms with Gasteiger partial charge in [-0.2, -0.15) is 0 Å². The van der Waals surface area contributed by atoms with Crippen molar-refractivity contribution >= 4 is 23.9 Å². The van der Waals surface area contributed by atoms with Crippen LogP contribution in [-0.2, 0) is 19.2 Å². The summed E-state index contributed by atoms with van der Waals surface area (Å²) in [7, 11) is 0. The van der Waals surface area contributed by atoms with Crippen molar-refractivity contribution in [1.29, 1.82) is 0 Å². The van der Waals surface area contributed by atoms with Crippen molar-refractivity contribution < 1.29 is 39.6 Å². The molecule has 0 aromatic carbocycles. The second kappa shape index (κ2) is 8.92. The van der Waals surface area contributed by atoms with E-state index < -0.39 is 34.7 Å². The maximum absolute atomic E-state index is 11.7. The van der Waals surface area contributed by atoms with E-state index in [0.29, 0.717) is 51.4 Å². The summed E-state index contributed by atoms with van der Waals surface area (Å²) < 4.78 is 0. The third-order valence-electron chi connectivity index (χ3n) is 7.04. The Morgan fingerprint density at radius 1 is 0.643 bits per heavy atom. The van der Waals surface area contributed by atoms with Crippen LogP contribution in [0, 0.1) is 22.7 Å². The van der Waals surface area contributed by atoms with Crippen LogP contribution in [0.1, 0.15) is 77.0 Å². The average Bonchev–Trinajstić information content (AvgIpc) is 2.54. The lowest BCUT2D eigenvalue weighted by molar-refractivity contribution is -0.158. The van der Waals surface area contributed by atoms with Crippen LogP contribution in [0.15, 0.2) is 0 Å². The first-order valence-corrected chi connectivity index (χ1v) is 9.95. The minimum absolute atomic E-state index is 0.0281. The normalized spacial score (nSPS) is 33.1. The van der Waals surface area contributed by atoms with Crippen molar-refractivity contribution in [2.24, 2.45) is 22.7 Å². The third-order valence-corrected chi connectivity index (χ3v) is 7.04. The van der Waals surface area contributed by atoms with Crippen molar-refractivity contribution in [2.45, 2.75) is 77.0 Å². The fourth-order valence-corrected chi connectivity index (χ4v) is 5.89. The Balaban J connectivity index is 2.34. The second-order valence-corrected chi connectivity index (χ2v) is 8.80. The van der Waals surface area contributed by atoms with Gasteiger partial charge in [0.1, 0.15) is 0 Å². The Hall–Kier alpha value is -2.12. The van der Waals surface area contributed by atoms with Gasteiger partial charge >= 0.3 is 23.9 Å². The highest BCUT2D eigenvalue weighted by atomic mass is 16.4. The minimum atomic E-state index is -0.992. The van der Waals surface area contributed by atoms with E-state index in [0.717, 1.165) is 0 Å². The van der Waals surface area contributed by atoms with E-state index in [1.807, 2.05) is 0 Å². The van der Waals surface area contributed by atoms with Gasteiger partial charge in [-0.15, -0.1) is 0 Å². The molecule has 0 spiro atoms. The zero-order valence-electron chi connectivity index (χ0n) is 16.1. The van der Waals surface area contributed by atoms with Gasteiger partial charge in [0.25, 0.3) is 0 Å². The summed E-state index contributed by atoms with van der Waals surface area (Å²) in [6, 6.07) is 0.